The van der Waals surface area contributed by atoms with Crippen molar-refractivity contribution in [3.63, 3.8) is 0 Å². The zero-order valence-electron chi connectivity index (χ0n) is 14.2. The first-order chi connectivity index (χ1) is 12.1. The van der Waals surface area contributed by atoms with Crippen molar-refractivity contribution < 1.29 is 9.18 Å². The van der Waals surface area contributed by atoms with Gasteiger partial charge < -0.3 is 4.90 Å². The number of amides is 1. The summed E-state index contributed by atoms with van der Waals surface area (Å²) < 4.78 is 14.5. The number of anilines is 1. The summed E-state index contributed by atoms with van der Waals surface area (Å²) in [7, 11) is 0. The van der Waals surface area contributed by atoms with E-state index in [2.05, 4.69) is 20.4 Å². The van der Waals surface area contributed by atoms with Gasteiger partial charge in [-0.3, -0.25) is 9.78 Å². The van der Waals surface area contributed by atoms with Crippen LogP contribution in [0.15, 0.2) is 47.7 Å². The average Bonchev–Trinajstić information content (AvgIpc) is 2.67. The lowest BCUT2D eigenvalue weighted by Gasteiger charge is -2.29. The monoisotopic (exact) mass is 340 g/mol. The number of hydrazone groups is 1. The van der Waals surface area contributed by atoms with E-state index in [-0.39, 0.29) is 11.5 Å². The van der Waals surface area contributed by atoms with Gasteiger partial charge in [-0.15, -0.1) is 0 Å². The highest BCUT2D eigenvalue weighted by Gasteiger charge is 2.15. The summed E-state index contributed by atoms with van der Waals surface area (Å²) in [5, 5.41) is 4.05. The Hall–Kier alpha value is -2.76. The SMILES string of the molecule is CC(=NNC(=O)c1ccccn1)c1ccc(N2CCCCC2)c(F)c1. The van der Waals surface area contributed by atoms with Crippen LogP contribution in [0, 0.1) is 5.82 Å². The van der Waals surface area contributed by atoms with Crippen molar-refractivity contribution in [1.29, 1.82) is 0 Å². The van der Waals surface area contributed by atoms with Gasteiger partial charge in [0.15, 0.2) is 0 Å². The predicted octanol–water partition coefficient (Wildman–Crippen LogP) is 3.37. The maximum Gasteiger partial charge on any atom is 0.289 e. The molecule has 0 aliphatic carbocycles. The number of rotatable bonds is 4. The predicted molar refractivity (Wildman–Crippen MR) is 96.4 cm³/mol. The first-order valence-electron chi connectivity index (χ1n) is 8.45. The van der Waals surface area contributed by atoms with Crippen molar-refractivity contribution >= 4 is 17.3 Å². The number of benzene rings is 1. The summed E-state index contributed by atoms with van der Waals surface area (Å²) in [6.07, 6.45) is 4.95. The minimum atomic E-state index is -0.398. The van der Waals surface area contributed by atoms with Crippen LogP contribution in [0.1, 0.15) is 42.2 Å². The maximum atomic E-state index is 14.5. The molecule has 1 aromatic heterocycles. The van der Waals surface area contributed by atoms with Crippen molar-refractivity contribution in [3.8, 4) is 0 Å². The standard InChI is InChI=1S/C19H21FN4O/c1-14(22-23-19(25)17-7-3-4-10-21-17)15-8-9-18(16(20)13-15)24-11-5-2-6-12-24/h3-4,7-10,13H,2,5-6,11-12H2,1H3,(H,23,25). The van der Waals surface area contributed by atoms with E-state index in [1.54, 1.807) is 37.4 Å². The lowest BCUT2D eigenvalue weighted by atomic mass is 10.1. The number of hydrogen-bond acceptors (Lipinski definition) is 4. The zero-order valence-corrected chi connectivity index (χ0v) is 14.2. The zero-order chi connectivity index (χ0) is 17.6. The van der Waals surface area contributed by atoms with Gasteiger partial charge in [-0.25, -0.2) is 9.82 Å². The van der Waals surface area contributed by atoms with Gasteiger partial charge in [0.1, 0.15) is 11.5 Å². The fourth-order valence-electron chi connectivity index (χ4n) is 2.88. The Bertz CT molecular complexity index is 770. The number of halogens is 1. The number of piperidine rings is 1. The summed E-state index contributed by atoms with van der Waals surface area (Å²) in [5.41, 5.74) is 4.54. The summed E-state index contributed by atoms with van der Waals surface area (Å²) in [6.45, 7) is 3.51. The molecule has 5 nitrogen and oxygen atoms in total. The van der Waals surface area contributed by atoms with E-state index in [1.807, 2.05) is 6.07 Å². The van der Waals surface area contributed by atoms with Gasteiger partial charge in [0.05, 0.1) is 11.4 Å². The van der Waals surface area contributed by atoms with Crippen LogP contribution in [0.3, 0.4) is 0 Å². The molecule has 0 spiro atoms. The minimum absolute atomic E-state index is 0.259. The number of nitrogens with zero attached hydrogens (tertiary/aromatic N) is 3. The fraction of sp³-hybridized carbons (Fsp3) is 0.316. The molecule has 0 unspecified atom stereocenters. The Labute approximate surface area is 146 Å². The van der Waals surface area contributed by atoms with Gasteiger partial charge >= 0.3 is 0 Å². The van der Waals surface area contributed by atoms with E-state index in [9.17, 15) is 9.18 Å². The van der Waals surface area contributed by atoms with Gasteiger partial charge in [-0.05, 0) is 50.5 Å². The molecule has 0 atom stereocenters. The van der Waals surface area contributed by atoms with Gasteiger partial charge in [0.25, 0.3) is 5.91 Å². The van der Waals surface area contributed by atoms with Gasteiger partial charge in [0, 0.05) is 24.8 Å². The Kier molecular flexibility index (Phi) is 5.38. The molecule has 1 aromatic carbocycles. The fourth-order valence-corrected chi connectivity index (χ4v) is 2.88. The molecule has 0 bridgehead atoms. The van der Waals surface area contributed by atoms with E-state index in [0.717, 1.165) is 25.9 Å². The molecule has 2 heterocycles. The average molecular weight is 340 g/mol. The Balaban J connectivity index is 1.70. The second kappa shape index (κ2) is 7.88. The highest BCUT2D eigenvalue weighted by atomic mass is 19.1. The number of pyridine rings is 1. The molecule has 0 saturated carbocycles. The van der Waals surface area contributed by atoms with Crippen LogP contribution in [0.25, 0.3) is 0 Å². The molecule has 1 saturated heterocycles. The molecular weight excluding hydrogens is 319 g/mol. The van der Waals surface area contributed by atoms with Crippen LogP contribution in [-0.4, -0.2) is 29.7 Å². The molecule has 1 aliphatic heterocycles. The number of carbonyl (C=O) groups excluding carboxylic acids is 1. The van der Waals surface area contributed by atoms with Gasteiger partial charge in [0.2, 0.25) is 0 Å². The third kappa shape index (κ3) is 4.21. The second-order valence-corrected chi connectivity index (χ2v) is 6.07. The quantitative estimate of drug-likeness (QED) is 0.686. The molecule has 0 radical (unpaired) electrons. The molecule has 1 aliphatic rings. The van der Waals surface area contributed by atoms with Crippen LogP contribution in [0.2, 0.25) is 0 Å². The van der Waals surface area contributed by atoms with E-state index >= 15 is 0 Å². The Morgan fingerprint density at radius 1 is 1.20 bits per heavy atom. The van der Waals surface area contributed by atoms with Crippen LogP contribution in [0.5, 0.6) is 0 Å². The second-order valence-electron chi connectivity index (χ2n) is 6.07. The topological polar surface area (TPSA) is 57.6 Å². The number of nitrogens with one attached hydrogen (secondary N) is 1. The number of hydrogen-bond donors (Lipinski definition) is 1. The van der Waals surface area contributed by atoms with Crippen molar-refractivity contribution in [2.45, 2.75) is 26.2 Å². The smallest absolute Gasteiger partial charge is 0.289 e. The number of aromatic nitrogens is 1. The van der Waals surface area contributed by atoms with Crippen LogP contribution in [-0.2, 0) is 0 Å². The van der Waals surface area contributed by atoms with Crippen LogP contribution >= 0.6 is 0 Å². The highest BCUT2D eigenvalue weighted by molar-refractivity contribution is 6.00. The summed E-state index contributed by atoms with van der Waals surface area (Å²) in [4.78, 5) is 18.0. The van der Waals surface area contributed by atoms with E-state index < -0.39 is 5.91 Å². The summed E-state index contributed by atoms with van der Waals surface area (Å²) in [6, 6.07) is 10.2. The van der Waals surface area contributed by atoms with Crippen LogP contribution < -0.4 is 10.3 Å². The molecule has 6 heteroatoms. The van der Waals surface area contributed by atoms with Crippen LogP contribution in [0.4, 0.5) is 10.1 Å². The molecule has 1 fully saturated rings. The highest BCUT2D eigenvalue weighted by Crippen LogP contribution is 2.24. The first kappa shape index (κ1) is 17.1. The largest absolute Gasteiger partial charge is 0.369 e. The van der Waals surface area contributed by atoms with E-state index in [1.165, 1.54) is 12.5 Å². The molecule has 3 rings (SSSR count). The Morgan fingerprint density at radius 3 is 2.68 bits per heavy atom. The van der Waals surface area contributed by atoms with Crippen molar-refractivity contribution in [3.05, 3.63) is 59.7 Å². The Morgan fingerprint density at radius 2 is 2.00 bits per heavy atom. The lowest BCUT2D eigenvalue weighted by Crippen LogP contribution is -2.30. The molecule has 2 aromatic rings. The molecular formula is C19H21FN4O. The normalized spacial score (nSPS) is 15.1. The first-order valence-corrected chi connectivity index (χ1v) is 8.45. The van der Waals surface area contributed by atoms with Crippen molar-refractivity contribution in [2.24, 2.45) is 5.10 Å². The minimum Gasteiger partial charge on any atom is -0.369 e. The van der Waals surface area contributed by atoms with E-state index in [0.29, 0.717) is 17.0 Å². The molecule has 1 amide bonds. The maximum absolute atomic E-state index is 14.5. The molecule has 25 heavy (non-hydrogen) atoms. The summed E-state index contributed by atoms with van der Waals surface area (Å²) >= 11 is 0. The lowest BCUT2D eigenvalue weighted by molar-refractivity contribution is 0.0950. The van der Waals surface area contributed by atoms with Gasteiger partial charge in [-0.2, -0.15) is 5.10 Å². The van der Waals surface area contributed by atoms with E-state index in [4.69, 9.17) is 0 Å². The number of carbonyl (C=O) groups is 1. The van der Waals surface area contributed by atoms with Gasteiger partial charge in [-0.1, -0.05) is 12.1 Å². The third-order valence-electron chi connectivity index (χ3n) is 4.28. The van der Waals surface area contributed by atoms with Crippen molar-refractivity contribution in [1.82, 2.24) is 10.4 Å². The molecule has 1 N–H and O–H groups in total. The summed E-state index contributed by atoms with van der Waals surface area (Å²) in [5.74, 6) is -0.657. The third-order valence-corrected chi connectivity index (χ3v) is 4.28. The van der Waals surface area contributed by atoms with Crippen molar-refractivity contribution in [2.75, 3.05) is 18.0 Å². The molecule has 130 valence electrons.